The normalized spacial score (nSPS) is 22.3. The van der Waals surface area contributed by atoms with Crippen LogP contribution in [0.1, 0.15) is 123 Å². The molecule has 0 saturated carbocycles. The third-order valence-corrected chi connectivity index (χ3v) is 8.72. The lowest BCUT2D eigenvalue weighted by atomic mass is 10.00. The topological polar surface area (TPSA) is 186 Å². The van der Waals surface area contributed by atoms with Crippen LogP contribution in [0.4, 0.5) is 0 Å². The lowest BCUT2D eigenvalue weighted by Gasteiger charge is -2.40. The Morgan fingerprint density at radius 1 is 0.694 bits per heavy atom. The molecule has 0 bridgehead atoms. The molecule has 49 heavy (non-hydrogen) atoms. The third-order valence-electron chi connectivity index (χ3n) is 7.97. The fourth-order valence-electron chi connectivity index (χ4n) is 5.10. The highest BCUT2D eigenvalue weighted by Gasteiger charge is 2.46. The molecule has 0 aromatic carbocycles. The fraction of sp³-hybridized carbons (Fsp3) is 0.778. The molecule has 1 aliphatic heterocycles. The van der Waals surface area contributed by atoms with Gasteiger partial charge in [0.1, 0.15) is 36.8 Å². The summed E-state index contributed by atoms with van der Waals surface area (Å²) in [5, 5.41) is 30.6. The summed E-state index contributed by atoms with van der Waals surface area (Å²) in [6, 6.07) is 0. The molecule has 0 spiro atoms. The maximum Gasteiger partial charge on any atom is 0.306 e. The van der Waals surface area contributed by atoms with Gasteiger partial charge in [-0.1, -0.05) is 102 Å². The van der Waals surface area contributed by atoms with Gasteiger partial charge in [-0.3, -0.25) is 14.1 Å². The Hall–Kier alpha value is -2.13. The molecule has 0 aliphatic carbocycles. The van der Waals surface area contributed by atoms with Crippen LogP contribution in [0.25, 0.3) is 0 Å². The summed E-state index contributed by atoms with van der Waals surface area (Å²) < 4.78 is 53.5. The van der Waals surface area contributed by atoms with Crippen LogP contribution in [0, 0.1) is 0 Å². The van der Waals surface area contributed by atoms with E-state index in [9.17, 15) is 37.9 Å². The number of carbonyl (C=O) groups is 2. The molecule has 1 fully saturated rings. The molecule has 13 heteroatoms. The van der Waals surface area contributed by atoms with Gasteiger partial charge in [0.2, 0.25) is 0 Å². The second-order valence-electron chi connectivity index (χ2n) is 12.5. The lowest BCUT2D eigenvalue weighted by Crippen LogP contribution is -2.60. The van der Waals surface area contributed by atoms with Crippen LogP contribution in [0.5, 0.6) is 0 Å². The summed E-state index contributed by atoms with van der Waals surface area (Å²) in [5.74, 6) is -2.14. The highest BCUT2D eigenvalue weighted by atomic mass is 32.2. The number of rotatable bonds is 28. The summed E-state index contributed by atoms with van der Waals surface area (Å²) in [7, 11) is -4.60. The average molecular weight is 719 g/mol. The Kier molecular flexibility index (Phi) is 25.3. The number of unbranched alkanes of at least 4 members (excludes halogenated alkanes) is 10. The van der Waals surface area contributed by atoms with Gasteiger partial charge in [0.05, 0.1) is 6.61 Å². The number of esters is 2. The van der Waals surface area contributed by atoms with Crippen molar-refractivity contribution in [3.8, 4) is 0 Å². The standard InChI is InChI=1S/C36H62O12S/c1-3-5-7-9-11-13-14-15-16-17-19-21-23-25-32(38)47-29(26-45-31(37)24-22-20-18-12-10-8-6-4-2)27-46-36-35(41)34(40)33(39)30(48-36)28-49(42,43)44/h15-16,18-21,29-30,33-36,39-41H,3-14,17,22-28H2,1-2H3,(H,42,43,44)/b16-15+,20-18+,21-19+/t29?,30-,33-,34?,35?,36+/m1/s1. The molecule has 284 valence electrons. The van der Waals surface area contributed by atoms with E-state index < -0.39 is 71.2 Å². The molecule has 12 nitrogen and oxygen atoms in total. The van der Waals surface area contributed by atoms with E-state index in [1.165, 1.54) is 57.8 Å². The van der Waals surface area contributed by atoms with Gasteiger partial charge < -0.3 is 34.3 Å². The number of hydrogen-bond acceptors (Lipinski definition) is 11. The van der Waals surface area contributed by atoms with E-state index in [-0.39, 0.29) is 19.4 Å². The first-order valence-electron chi connectivity index (χ1n) is 18.0. The summed E-state index contributed by atoms with van der Waals surface area (Å²) in [6.45, 7) is 3.56. The monoisotopic (exact) mass is 718 g/mol. The van der Waals surface area contributed by atoms with Crippen molar-refractivity contribution >= 4 is 22.1 Å². The fourth-order valence-corrected chi connectivity index (χ4v) is 5.79. The van der Waals surface area contributed by atoms with Crippen LogP contribution in [-0.2, 0) is 38.7 Å². The SMILES string of the molecule is CCCCCC/C=C/CCC(=O)OCC(CO[C@H]1O[C@H](CS(=O)(=O)O)[C@@H](O)C(O)C1O)OC(=O)CC/C=C/C/C=C/CCCCCCCC. The Morgan fingerprint density at radius 3 is 1.86 bits per heavy atom. The summed E-state index contributed by atoms with van der Waals surface area (Å²) in [6.07, 6.45) is 18.3. The van der Waals surface area contributed by atoms with Gasteiger partial charge in [0, 0.05) is 12.8 Å². The molecule has 3 unspecified atom stereocenters. The van der Waals surface area contributed by atoms with Crippen LogP contribution in [0.2, 0.25) is 0 Å². The molecule has 6 atom stereocenters. The van der Waals surface area contributed by atoms with Gasteiger partial charge in [-0.15, -0.1) is 0 Å². The number of hydrogen-bond donors (Lipinski definition) is 4. The Morgan fingerprint density at radius 2 is 1.22 bits per heavy atom. The third kappa shape index (κ3) is 23.1. The van der Waals surface area contributed by atoms with Crippen molar-refractivity contribution in [3.63, 3.8) is 0 Å². The van der Waals surface area contributed by atoms with Crippen LogP contribution in [0.15, 0.2) is 36.5 Å². The molecular weight excluding hydrogens is 656 g/mol. The van der Waals surface area contributed by atoms with Gasteiger partial charge in [0.15, 0.2) is 12.4 Å². The van der Waals surface area contributed by atoms with E-state index in [4.69, 9.17) is 18.9 Å². The summed E-state index contributed by atoms with van der Waals surface area (Å²) in [4.78, 5) is 25.0. The Balaban J connectivity index is 2.63. The van der Waals surface area contributed by atoms with Crippen molar-refractivity contribution < 1.29 is 56.8 Å². The quantitative estimate of drug-likeness (QED) is 0.0345. The maximum absolute atomic E-state index is 12.6. The predicted molar refractivity (Wildman–Crippen MR) is 187 cm³/mol. The number of carbonyl (C=O) groups excluding carboxylic acids is 2. The molecule has 1 aliphatic rings. The van der Waals surface area contributed by atoms with Crippen molar-refractivity contribution in [1.29, 1.82) is 0 Å². The van der Waals surface area contributed by atoms with E-state index >= 15 is 0 Å². The Labute approximate surface area is 293 Å². The minimum absolute atomic E-state index is 0.0510. The second kappa shape index (κ2) is 27.6. The zero-order chi connectivity index (χ0) is 36.3. The number of ether oxygens (including phenoxy) is 4. The van der Waals surface area contributed by atoms with Gasteiger partial charge in [-0.05, 0) is 44.9 Å². The van der Waals surface area contributed by atoms with E-state index in [1.807, 2.05) is 24.3 Å². The smallest absolute Gasteiger partial charge is 0.306 e. The molecule has 0 aromatic heterocycles. The first-order chi connectivity index (χ1) is 23.5. The molecule has 0 radical (unpaired) electrons. The minimum atomic E-state index is -4.60. The van der Waals surface area contributed by atoms with Crippen LogP contribution < -0.4 is 0 Å². The zero-order valence-electron chi connectivity index (χ0n) is 29.5. The van der Waals surface area contributed by atoms with Gasteiger partial charge in [0.25, 0.3) is 10.1 Å². The predicted octanol–water partition coefficient (Wildman–Crippen LogP) is 5.49. The molecule has 1 rings (SSSR count). The number of aliphatic hydroxyl groups is 3. The van der Waals surface area contributed by atoms with Crippen LogP contribution >= 0.6 is 0 Å². The zero-order valence-corrected chi connectivity index (χ0v) is 30.3. The highest BCUT2D eigenvalue weighted by molar-refractivity contribution is 7.85. The van der Waals surface area contributed by atoms with E-state index in [0.29, 0.717) is 12.8 Å². The van der Waals surface area contributed by atoms with Crippen molar-refractivity contribution in [2.24, 2.45) is 0 Å². The van der Waals surface area contributed by atoms with Crippen molar-refractivity contribution in [2.45, 2.75) is 160 Å². The second-order valence-corrected chi connectivity index (χ2v) is 14.0. The van der Waals surface area contributed by atoms with Crippen molar-refractivity contribution in [3.05, 3.63) is 36.5 Å². The van der Waals surface area contributed by atoms with Gasteiger partial charge >= 0.3 is 11.9 Å². The van der Waals surface area contributed by atoms with E-state index in [2.05, 4.69) is 26.0 Å². The Bertz CT molecular complexity index is 1070. The van der Waals surface area contributed by atoms with Crippen molar-refractivity contribution in [2.75, 3.05) is 19.0 Å². The molecule has 1 heterocycles. The van der Waals surface area contributed by atoms with Crippen LogP contribution in [0.3, 0.4) is 0 Å². The van der Waals surface area contributed by atoms with Crippen molar-refractivity contribution in [1.82, 2.24) is 0 Å². The molecule has 1 saturated heterocycles. The molecule has 0 amide bonds. The summed E-state index contributed by atoms with van der Waals surface area (Å²) >= 11 is 0. The first kappa shape index (κ1) is 44.9. The highest BCUT2D eigenvalue weighted by Crippen LogP contribution is 2.23. The number of aliphatic hydroxyl groups excluding tert-OH is 3. The number of allylic oxidation sites excluding steroid dienone is 6. The average Bonchev–Trinajstić information content (AvgIpc) is 3.05. The van der Waals surface area contributed by atoms with E-state index in [0.717, 1.165) is 25.7 Å². The summed E-state index contributed by atoms with van der Waals surface area (Å²) in [5.41, 5.74) is 0. The largest absolute Gasteiger partial charge is 0.462 e. The maximum atomic E-state index is 12.6. The first-order valence-corrected chi connectivity index (χ1v) is 19.7. The molecular formula is C36H62O12S. The van der Waals surface area contributed by atoms with Gasteiger partial charge in [-0.25, -0.2) is 0 Å². The van der Waals surface area contributed by atoms with Crippen LogP contribution in [-0.4, -0.2) is 96.0 Å². The minimum Gasteiger partial charge on any atom is -0.462 e. The molecule has 0 aromatic rings. The molecule has 4 N–H and O–H groups in total. The van der Waals surface area contributed by atoms with E-state index in [1.54, 1.807) is 0 Å². The lowest BCUT2D eigenvalue weighted by molar-refractivity contribution is -0.297. The van der Waals surface area contributed by atoms with Gasteiger partial charge in [-0.2, -0.15) is 8.42 Å².